The minimum atomic E-state index is -1.20. The second-order valence-corrected chi connectivity index (χ2v) is 6.42. The van der Waals surface area contributed by atoms with Gasteiger partial charge in [-0.15, -0.1) is 6.58 Å². The Morgan fingerprint density at radius 2 is 1.79 bits per heavy atom. The lowest BCUT2D eigenvalue weighted by Crippen LogP contribution is -2.47. The number of allylic oxidation sites excluding steroid dienone is 4. The molecule has 0 aromatic heterocycles. The van der Waals surface area contributed by atoms with Gasteiger partial charge in [-0.25, -0.2) is 0 Å². The summed E-state index contributed by atoms with van der Waals surface area (Å²) in [6.45, 7) is 13.6. The van der Waals surface area contributed by atoms with Gasteiger partial charge in [-0.05, 0) is 58.3 Å². The number of carbonyl (C=O) groups is 2. The van der Waals surface area contributed by atoms with Crippen molar-refractivity contribution < 1.29 is 19.1 Å². The fourth-order valence-corrected chi connectivity index (χ4v) is 3.33. The Morgan fingerprint density at radius 1 is 1.21 bits per heavy atom. The third-order valence-corrected chi connectivity index (χ3v) is 4.56. The Morgan fingerprint density at radius 3 is 2.25 bits per heavy atom. The maximum atomic E-state index is 12.6. The highest BCUT2D eigenvalue weighted by Crippen LogP contribution is 2.46. The van der Waals surface area contributed by atoms with Gasteiger partial charge >= 0.3 is 11.9 Å². The maximum Gasteiger partial charge on any atom is 0.323 e. The van der Waals surface area contributed by atoms with Gasteiger partial charge in [0.05, 0.1) is 13.2 Å². The largest absolute Gasteiger partial charge is 0.465 e. The molecule has 4 heteroatoms. The summed E-state index contributed by atoms with van der Waals surface area (Å²) in [5, 5.41) is 0. The van der Waals surface area contributed by atoms with Gasteiger partial charge in [0, 0.05) is 0 Å². The van der Waals surface area contributed by atoms with E-state index in [0.29, 0.717) is 18.8 Å². The summed E-state index contributed by atoms with van der Waals surface area (Å²) in [6, 6.07) is 0. The van der Waals surface area contributed by atoms with Crippen LogP contribution in [-0.4, -0.2) is 25.2 Å². The number of ether oxygens (including phenoxy) is 2. The molecule has 0 radical (unpaired) electrons. The van der Waals surface area contributed by atoms with Crippen LogP contribution in [0.15, 0.2) is 37.0 Å². The van der Waals surface area contributed by atoms with Crippen molar-refractivity contribution in [3.05, 3.63) is 37.0 Å². The van der Waals surface area contributed by atoms with Gasteiger partial charge in [-0.1, -0.05) is 30.4 Å². The molecule has 0 heterocycles. The Balaban J connectivity index is 3.15. The zero-order valence-corrected chi connectivity index (χ0v) is 15.2. The molecule has 0 N–H and O–H groups in total. The lowest BCUT2D eigenvalue weighted by molar-refractivity contribution is -0.176. The van der Waals surface area contributed by atoms with Crippen LogP contribution < -0.4 is 0 Å². The van der Waals surface area contributed by atoms with E-state index >= 15 is 0 Å². The van der Waals surface area contributed by atoms with E-state index in [9.17, 15) is 9.59 Å². The molecular formula is C20H30O4. The Bertz CT molecular complexity index is 486. The van der Waals surface area contributed by atoms with Crippen molar-refractivity contribution in [1.82, 2.24) is 0 Å². The summed E-state index contributed by atoms with van der Waals surface area (Å²) in [6.07, 6.45) is 8.39. The van der Waals surface area contributed by atoms with Crippen LogP contribution in [0, 0.1) is 17.3 Å². The van der Waals surface area contributed by atoms with E-state index < -0.39 is 17.4 Å². The number of hydrogen-bond acceptors (Lipinski definition) is 4. The summed E-state index contributed by atoms with van der Waals surface area (Å²) in [7, 11) is 0. The molecule has 0 unspecified atom stereocenters. The van der Waals surface area contributed by atoms with Crippen LogP contribution in [0.5, 0.6) is 0 Å². The monoisotopic (exact) mass is 334 g/mol. The van der Waals surface area contributed by atoms with Crippen molar-refractivity contribution >= 4 is 11.9 Å². The van der Waals surface area contributed by atoms with Gasteiger partial charge in [0.25, 0.3) is 0 Å². The lowest BCUT2D eigenvalue weighted by atomic mass is 9.64. The molecule has 1 fully saturated rings. The highest BCUT2D eigenvalue weighted by Gasteiger charge is 2.53. The minimum Gasteiger partial charge on any atom is -0.465 e. The molecule has 4 nitrogen and oxygen atoms in total. The fourth-order valence-electron chi connectivity index (χ4n) is 3.33. The van der Waals surface area contributed by atoms with Gasteiger partial charge in [-0.2, -0.15) is 0 Å². The molecule has 1 aliphatic carbocycles. The van der Waals surface area contributed by atoms with E-state index in [0.717, 1.165) is 18.4 Å². The minimum absolute atomic E-state index is 0.0854. The molecule has 0 aliphatic heterocycles. The second kappa shape index (κ2) is 9.45. The van der Waals surface area contributed by atoms with Crippen molar-refractivity contribution in [1.29, 1.82) is 0 Å². The van der Waals surface area contributed by atoms with Gasteiger partial charge in [-0.3, -0.25) is 9.59 Å². The van der Waals surface area contributed by atoms with E-state index in [1.807, 2.05) is 19.1 Å². The molecule has 1 rings (SSSR count). The van der Waals surface area contributed by atoms with E-state index in [1.54, 1.807) is 13.8 Å². The average molecular weight is 334 g/mol. The molecular weight excluding hydrogens is 304 g/mol. The quantitative estimate of drug-likeness (QED) is 0.288. The van der Waals surface area contributed by atoms with E-state index in [-0.39, 0.29) is 19.1 Å². The van der Waals surface area contributed by atoms with Crippen LogP contribution in [0.4, 0.5) is 0 Å². The Kier molecular flexibility index (Phi) is 7.96. The molecule has 2 atom stereocenters. The SMILES string of the molecule is C=CC[C@@H]1CCC(C(=O)OCC)(C(=O)OCC)C[C@H]1/C=C/C(=C)C. The van der Waals surface area contributed by atoms with E-state index in [4.69, 9.17) is 9.47 Å². The molecule has 134 valence electrons. The topological polar surface area (TPSA) is 52.6 Å². The molecule has 0 spiro atoms. The predicted octanol–water partition coefficient (Wildman–Crippen LogP) is 4.22. The number of hydrogen-bond donors (Lipinski definition) is 0. The van der Waals surface area contributed by atoms with Crippen molar-refractivity contribution in [2.45, 2.75) is 46.5 Å². The fraction of sp³-hybridized carbons (Fsp3) is 0.600. The van der Waals surface area contributed by atoms with Crippen molar-refractivity contribution in [3.8, 4) is 0 Å². The second-order valence-electron chi connectivity index (χ2n) is 6.42. The van der Waals surface area contributed by atoms with Crippen LogP contribution in [-0.2, 0) is 19.1 Å². The van der Waals surface area contributed by atoms with Gasteiger partial charge in [0.2, 0.25) is 0 Å². The van der Waals surface area contributed by atoms with Crippen molar-refractivity contribution in [2.75, 3.05) is 13.2 Å². The maximum absolute atomic E-state index is 12.6. The summed E-state index contributed by atoms with van der Waals surface area (Å²) in [5.41, 5.74) is -0.260. The third-order valence-electron chi connectivity index (χ3n) is 4.56. The zero-order valence-electron chi connectivity index (χ0n) is 15.2. The third kappa shape index (κ3) is 4.83. The molecule has 0 aromatic rings. The van der Waals surface area contributed by atoms with Crippen molar-refractivity contribution in [3.63, 3.8) is 0 Å². The van der Waals surface area contributed by atoms with Gasteiger partial charge < -0.3 is 9.47 Å². The first kappa shape index (κ1) is 20.2. The highest BCUT2D eigenvalue weighted by atomic mass is 16.6. The summed E-state index contributed by atoms with van der Waals surface area (Å²) in [5.74, 6) is -0.485. The zero-order chi connectivity index (χ0) is 18.2. The molecule has 0 aromatic carbocycles. The molecule has 1 saturated carbocycles. The van der Waals surface area contributed by atoms with E-state index in [1.165, 1.54) is 0 Å². The highest BCUT2D eigenvalue weighted by molar-refractivity contribution is 6.00. The first-order valence-corrected chi connectivity index (χ1v) is 8.70. The number of esters is 2. The first-order valence-electron chi connectivity index (χ1n) is 8.70. The summed E-state index contributed by atoms with van der Waals surface area (Å²) < 4.78 is 10.4. The molecule has 0 amide bonds. The van der Waals surface area contributed by atoms with E-state index in [2.05, 4.69) is 19.2 Å². The van der Waals surface area contributed by atoms with Crippen LogP contribution in [0.25, 0.3) is 0 Å². The average Bonchev–Trinajstić information content (AvgIpc) is 2.54. The van der Waals surface area contributed by atoms with Crippen LogP contribution in [0.1, 0.15) is 46.5 Å². The normalized spacial score (nSPS) is 22.8. The van der Waals surface area contributed by atoms with Crippen molar-refractivity contribution in [2.24, 2.45) is 17.3 Å². The lowest BCUT2D eigenvalue weighted by Gasteiger charge is -2.40. The van der Waals surface area contributed by atoms with Crippen LogP contribution in [0.3, 0.4) is 0 Å². The Labute approximate surface area is 145 Å². The predicted molar refractivity (Wildman–Crippen MR) is 95.3 cm³/mol. The van der Waals surface area contributed by atoms with Gasteiger partial charge in [0.1, 0.15) is 0 Å². The number of carbonyl (C=O) groups excluding carboxylic acids is 2. The Hall–Kier alpha value is -1.84. The first-order chi connectivity index (χ1) is 11.4. The van der Waals surface area contributed by atoms with Crippen LogP contribution in [0.2, 0.25) is 0 Å². The summed E-state index contributed by atoms with van der Waals surface area (Å²) in [4.78, 5) is 25.2. The standard InChI is InChI=1S/C20H30O4/c1-6-9-16-12-13-20(18(21)23-7-2,19(22)24-8-3)14-17(16)11-10-15(4)5/h6,10-11,16-17H,1,4,7-9,12-14H2,2-3,5H3/b11-10+/t16-,17-/m1/s1. The molecule has 0 saturated heterocycles. The molecule has 24 heavy (non-hydrogen) atoms. The number of rotatable bonds is 8. The summed E-state index contributed by atoms with van der Waals surface area (Å²) >= 11 is 0. The van der Waals surface area contributed by atoms with Gasteiger partial charge in [0.15, 0.2) is 5.41 Å². The molecule has 0 bridgehead atoms. The molecule has 1 aliphatic rings. The smallest absolute Gasteiger partial charge is 0.323 e. The van der Waals surface area contributed by atoms with Crippen LogP contribution >= 0.6 is 0 Å².